The lowest BCUT2D eigenvalue weighted by Gasteiger charge is -2.37. The van der Waals surface area contributed by atoms with Gasteiger partial charge in [-0.15, -0.1) is 0 Å². The topological polar surface area (TPSA) is 163 Å². The molecule has 5 aliphatic heterocycles. The number of carbonyl (C=O) groups is 4. The van der Waals surface area contributed by atoms with Crippen LogP contribution in [0.15, 0.2) is 48.7 Å². The van der Waals surface area contributed by atoms with Crippen molar-refractivity contribution in [3.8, 4) is 28.1 Å². The highest BCUT2D eigenvalue weighted by molar-refractivity contribution is 5.96. The molecule has 6 aliphatic rings. The van der Waals surface area contributed by atoms with E-state index in [1.54, 1.807) is 14.2 Å². The van der Waals surface area contributed by atoms with E-state index in [1.807, 2.05) is 70.3 Å². The van der Waals surface area contributed by atoms with Gasteiger partial charge in [0.25, 0.3) is 11.8 Å². The van der Waals surface area contributed by atoms with E-state index in [0.29, 0.717) is 82.3 Å². The number of amides is 3. The number of esters is 1. The second-order valence-corrected chi connectivity index (χ2v) is 21.1. The molecule has 3 N–H and O–H groups in total. The summed E-state index contributed by atoms with van der Waals surface area (Å²) >= 11 is 0. The van der Waals surface area contributed by atoms with Gasteiger partial charge >= 0.3 is 5.97 Å². The Bertz CT molecular complexity index is 2720. The fourth-order valence-corrected chi connectivity index (χ4v) is 11.8. The number of halogens is 2. The normalized spacial score (nSPS) is 26.1. The van der Waals surface area contributed by atoms with Gasteiger partial charge in [-0.3, -0.25) is 34.1 Å². The first-order valence-electron chi connectivity index (χ1n) is 26.0. The van der Waals surface area contributed by atoms with E-state index in [1.165, 1.54) is 22.8 Å². The molecule has 6 atom stereocenters. The number of fused-ring (bicyclic) bond motifs is 8. The zero-order valence-corrected chi connectivity index (χ0v) is 42.3. The highest BCUT2D eigenvalue weighted by Crippen LogP contribution is 2.43. The summed E-state index contributed by atoms with van der Waals surface area (Å²) in [6, 6.07) is 10.8. The molecule has 2 aromatic heterocycles. The van der Waals surface area contributed by atoms with Crippen LogP contribution in [-0.4, -0.2) is 151 Å². The molecule has 4 aromatic rings. The van der Waals surface area contributed by atoms with Crippen LogP contribution in [0.25, 0.3) is 33.3 Å². The maximum Gasteiger partial charge on any atom is 0.325 e. The lowest BCUT2D eigenvalue weighted by molar-refractivity contribution is -0.162. The Balaban J connectivity index is 1.14. The number of methoxy groups -OCH3 is 1. The van der Waals surface area contributed by atoms with Crippen molar-refractivity contribution in [2.24, 2.45) is 11.8 Å². The zero-order chi connectivity index (χ0) is 50.6. The van der Waals surface area contributed by atoms with Gasteiger partial charge in [-0.25, -0.2) is 14.2 Å². The number of hydrogen-bond donors (Lipinski definition) is 3. The molecular weight excluding hydrogens is 925 g/mol. The molecule has 1 saturated carbocycles. The number of rotatable bonds is 7. The molecule has 0 unspecified atom stereocenters. The van der Waals surface area contributed by atoms with Crippen LogP contribution in [-0.2, 0) is 48.0 Å². The highest BCUT2D eigenvalue weighted by Gasteiger charge is 2.43. The fourth-order valence-electron chi connectivity index (χ4n) is 11.8. The van der Waals surface area contributed by atoms with Crippen molar-refractivity contribution in [2.75, 3.05) is 71.5 Å². The SMILES string of the molecule is CCn1c(-c2cc(N3CCN(C4CC4)CC3)cnc2[C@H](C)OC)c2c3cc(ccc31)-c1cc3cc(c1)OC[C@H]1NCC[C@@H]1C(=O)N(C)[C@@H](C(C)C)C(=O)N[C@@H](C3)C(=O)N1CCC[C@H](N1)C(=O)OCC(F)(F)C2. The number of cyclic esters (lactones) is 1. The Morgan fingerprint density at radius 2 is 1.69 bits per heavy atom. The summed E-state index contributed by atoms with van der Waals surface area (Å²) in [6.07, 6.45) is 4.31. The standard InChI is InChI=1S/C54H69F2N9O7/c1-7-64-46-13-10-34-25-40(46)42(49(64)41-26-37(28-58-47(41)32(4)70-6)63-19-17-62(18-20-63)36-11-12-36)27-54(55,56)30-72-53(69)43-9-8-16-65(60-43)52(68)44-23-33-21-35(34)24-38(22-33)71-29-45-39(14-15-57-45)51(67)61(5)48(31(2)3)50(66)59-44/h10,13,21-22,24-26,28,31-32,36,39,43-45,48,57,60H,7-9,11-12,14-20,23,27,29-30H2,1-6H3,(H,59,66)/t32-,39-,43-,44-,45+,48-/m0/s1. The molecule has 8 bridgehead atoms. The Morgan fingerprint density at radius 1 is 0.903 bits per heavy atom. The minimum absolute atomic E-state index is 0.0321. The summed E-state index contributed by atoms with van der Waals surface area (Å²) in [4.78, 5) is 68.8. The molecule has 386 valence electrons. The van der Waals surface area contributed by atoms with Gasteiger partial charge in [0.15, 0.2) is 6.61 Å². The van der Waals surface area contributed by atoms with Crippen molar-refractivity contribution in [3.63, 3.8) is 0 Å². The largest absolute Gasteiger partial charge is 0.492 e. The summed E-state index contributed by atoms with van der Waals surface area (Å²) in [6.45, 7) is 11.3. The molecule has 0 radical (unpaired) electrons. The number of aromatic nitrogens is 2. The number of nitrogens with one attached hydrogen (secondary N) is 3. The lowest BCUT2D eigenvalue weighted by atomic mass is 9.93. The summed E-state index contributed by atoms with van der Waals surface area (Å²) in [7, 11) is 3.24. The molecule has 10 rings (SSSR count). The van der Waals surface area contributed by atoms with Gasteiger partial charge in [0.2, 0.25) is 11.8 Å². The average Bonchev–Trinajstić information content (AvgIpc) is 4.05. The van der Waals surface area contributed by atoms with Crippen molar-refractivity contribution < 1.29 is 42.2 Å². The smallest absolute Gasteiger partial charge is 0.325 e. The number of aryl methyl sites for hydroxylation is 1. The number of anilines is 1. The fraction of sp³-hybridized carbons (Fsp3) is 0.574. The molecule has 16 nitrogen and oxygen atoms in total. The van der Waals surface area contributed by atoms with Gasteiger partial charge in [-0.1, -0.05) is 26.0 Å². The molecule has 7 heterocycles. The quantitative estimate of drug-likeness (QED) is 0.200. The number of hydrazine groups is 1. The van der Waals surface area contributed by atoms with E-state index in [9.17, 15) is 19.2 Å². The van der Waals surface area contributed by atoms with Crippen LogP contribution in [0, 0.1) is 11.8 Å². The number of carbonyl (C=O) groups excluding carboxylic acids is 4. The number of ether oxygens (including phenoxy) is 3. The molecule has 3 saturated heterocycles. The Hall–Kier alpha value is -5.69. The third-order valence-corrected chi connectivity index (χ3v) is 15.8. The monoisotopic (exact) mass is 994 g/mol. The van der Waals surface area contributed by atoms with Crippen LogP contribution in [0.1, 0.15) is 82.7 Å². The van der Waals surface area contributed by atoms with E-state index >= 15 is 8.78 Å². The first-order chi connectivity index (χ1) is 34.6. The van der Waals surface area contributed by atoms with Crippen molar-refractivity contribution in [1.29, 1.82) is 0 Å². The van der Waals surface area contributed by atoms with Crippen LogP contribution in [0.3, 0.4) is 0 Å². The van der Waals surface area contributed by atoms with Gasteiger partial charge in [-0.2, -0.15) is 0 Å². The number of benzene rings is 2. The predicted octanol–water partition coefficient (Wildman–Crippen LogP) is 5.49. The van der Waals surface area contributed by atoms with Crippen LogP contribution >= 0.6 is 0 Å². The van der Waals surface area contributed by atoms with E-state index in [0.717, 1.165) is 37.4 Å². The second kappa shape index (κ2) is 20.3. The summed E-state index contributed by atoms with van der Waals surface area (Å²) in [5, 5.41) is 8.35. The Morgan fingerprint density at radius 3 is 2.43 bits per heavy atom. The first kappa shape index (κ1) is 49.9. The van der Waals surface area contributed by atoms with Crippen molar-refractivity contribution in [2.45, 2.75) is 121 Å². The van der Waals surface area contributed by atoms with Gasteiger partial charge in [0.1, 0.15) is 30.5 Å². The van der Waals surface area contributed by atoms with E-state index in [2.05, 4.69) is 36.5 Å². The molecular formula is C54H69F2N9O7. The lowest BCUT2D eigenvalue weighted by Crippen LogP contribution is -2.62. The van der Waals surface area contributed by atoms with Crippen LogP contribution in [0.5, 0.6) is 5.75 Å². The third-order valence-electron chi connectivity index (χ3n) is 15.8. The number of pyridine rings is 1. The molecule has 4 fully saturated rings. The molecule has 72 heavy (non-hydrogen) atoms. The highest BCUT2D eigenvalue weighted by atomic mass is 19.3. The van der Waals surface area contributed by atoms with Crippen LogP contribution in [0.2, 0.25) is 0 Å². The first-order valence-corrected chi connectivity index (χ1v) is 26.0. The van der Waals surface area contributed by atoms with Crippen molar-refractivity contribution in [1.82, 2.24) is 40.4 Å². The zero-order valence-electron chi connectivity index (χ0n) is 42.3. The summed E-state index contributed by atoms with van der Waals surface area (Å²) in [5.41, 5.74) is 8.98. The molecule has 3 amide bonds. The van der Waals surface area contributed by atoms with Gasteiger partial charge in [-0.05, 0) is 111 Å². The van der Waals surface area contributed by atoms with E-state index in [-0.39, 0.29) is 43.9 Å². The van der Waals surface area contributed by atoms with Gasteiger partial charge in [0.05, 0.1) is 41.3 Å². The molecule has 2 aromatic carbocycles. The van der Waals surface area contributed by atoms with E-state index < -0.39 is 66.9 Å². The average molecular weight is 994 g/mol. The second-order valence-electron chi connectivity index (χ2n) is 21.1. The minimum atomic E-state index is -3.53. The number of nitrogens with zero attached hydrogens (tertiary/aromatic N) is 6. The molecule has 1 aliphatic carbocycles. The van der Waals surface area contributed by atoms with Crippen LogP contribution in [0.4, 0.5) is 14.5 Å². The number of alkyl halides is 2. The van der Waals surface area contributed by atoms with Crippen LogP contribution < -0.4 is 25.7 Å². The number of likely N-dealkylation sites (N-methyl/N-ethyl adjacent to an activating group) is 1. The number of hydrogen-bond acceptors (Lipinski definition) is 12. The molecule has 18 heteroatoms. The minimum Gasteiger partial charge on any atom is -0.492 e. The maximum atomic E-state index is 17.0. The van der Waals surface area contributed by atoms with Gasteiger partial charge in [0, 0.05) is 88.8 Å². The Kier molecular flexibility index (Phi) is 14.1. The van der Waals surface area contributed by atoms with E-state index in [4.69, 9.17) is 19.2 Å². The number of piperazine rings is 1. The van der Waals surface area contributed by atoms with Crippen molar-refractivity contribution in [3.05, 3.63) is 65.5 Å². The maximum absolute atomic E-state index is 17.0. The molecule has 0 spiro atoms. The summed E-state index contributed by atoms with van der Waals surface area (Å²) in [5.74, 6) is -5.93. The predicted molar refractivity (Wildman–Crippen MR) is 268 cm³/mol. The van der Waals surface area contributed by atoms with Gasteiger partial charge < -0.3 is 39.2 Å². The third kappa shape index (κ3) is 9.91. The Labute approximate surface area is 420 Å². The summed E-state index contributed by atoms with van der Waals surface area (Å²) < 4.78 is 54.1. The van der Waals surface area contributed by atoms with Crippen molar-refractivity contribution >= 4 is 40.3 Å².